The van der Waals surface area contributed by atoms with E-state index in [4.69, 9.17) is 15.2 Å². The Morgan fingerprint density at radius 1 is 1.19 bits per heavy atom. The molecule has 1 rings (SSSR count). The molecule has 0 aliphatic heterocycles. The molecule has 0 aliphatic rings. The van der Waals surface area contributed by atoms with Crippen molar-refractivity contribution >= 4 is 0 Å². The second kappa shape index (κ2) is 7.25. The van der Waals surface area contributed by atoms with E-state index in [1.807, 2.05) is 31.2 Å². The third-order valence-corrected chi connectivity index (χ3v) is 2.41. The summed E-state index contributed by atoms with van der Waals surface area (Å²) in [5.74, 6) is 0.898. The predicted octanol–water partition coefficient (Wildman–Crippen LogP) is 2.51. The first-order chi connectivity index (χ1) is 7.75. The summed E-state index contributed by atoms with van der Waals surface area (Å²) < 4.78 is 10.7. The number of nitrogens with two attached hydrogens (primary N) is 1. The Kier molecular flexibility index (Phi) is 5.90. The average Bonchev–Trinajstić information content (AvgIpc) is 2.29. The molecule has 0 heterocycles. The van der Waals surface area contributed by atoms with Crippen molar-refractivity contribution in [3.05, 3.63) is 29.8 Å². The van der Waals surface area contributed by atoms with Gasteiger partial charge in [-0.3, -0.25) is 0 Å². The highest BCUT2D eigenvalue weighted by Gasteiger charge is 2.06. The summed E-state index contributed by atoms with van der Waals surface area (Å²) in [5, 5.41) is 0. The summed E-state index contributed by atoms with van der Waals surface area (Å²) in [6.45, 7) is 3.47. The molecule has 0 fully saturated rings. The van der Waals surface area contributed by atoms with Crippen LogP contribution in [0.5, 0.6) is 5.75 Å². The van der Waals surface area contributed by atoms with Gasteiger partial charge in [0.2, 0.25) is 0 Å². The lowest BCUT2D eigenvalue weighted by atomic mass is 10.1. The Morgan fingerprint density at radius 3 is 2.56 bits per heavy atom. The highest BCUT2D eigenvalue weighted by molar-refractivity contribution is 5.35. The SMILES string of the molecule is COCCCCOc1ccccc1C(C)N. The fourth-order valence-corrected chi connectivity index (χ4v) is 1.52. The summed E-state index contributed by atoms with van der Waals surface area (Å²) in [6.07, 6.45) is 2.03. The first-order valence-electron chi connectivity index (χ1n) is 5.72. The normalized spacial score (nSPS) is 12.4. The van der Waals surface area contributed by atoms with Crippen LogP contribution in [0.2, 0.25) is 0 Å². The summed E-state index contributed by atoms with van der Waals surface area (Å²) in [7, 11) is 1.71. The van der Waals surface area contributed by atoms with E-state index in [1.165, 1.54) is 0 Å². The number of hydrogen-bond donors (Lipinski definition) is 1. The van der Waals surface area contributed by atoms with Crippen LogP contribution in [0, 0.1) is 0 Å². The Bertz CT molecular complexity index is 300. The van der Waals surface area contributed by atoms with Crippen LogP contribution < -0.4 is 10.5 Å². The van der Waals surface area contributed by atoms with Crippen LogP contribution in [0.3, 0.4) is 0 Å². The van der Waals surface area contributed by atoms with Gasteiger partial charge in [-0.15, -0.1) is 0 Å². The molecule has 1 atom stereocenters. The van der Waals surface area contributed by atoms with Crippen LogP contribution in [-0.4, -0.2) is 20.3 Å². The number of hydrogen-bond acceptors (Lipinski definition) is 3. The quantitative estimate of drug-likeness (QED) is 0.722. The van der Waals surface area contributed by atoms with Crippen molar-refractivity contribution in [3.8, 4) is 5.75 Å². The minimum Gasteiger partial charge on any atom is -0.493 e. The van der Waals surface area contributed by atoms with Gasteiger partial charge in [0.15, 0.2) is 0 Å². The highest BCUT2D eigenvalue weighted by Crippen LogP contribution is 2.23. The van der Waals surface area contributed by atoms with Crippen molar-refractivity contribution in [1.82, 2.24) is 0 Å². The van der Waals surface area contributed by atoms with Crippen LogP contribution in [0.25, 0.3) is 0 Å². The molecule has 0 saturated heterocycles. The molecule has 0 radical (unpaired) electrons. The molecule has 3 heteroatoms. The van der Waals surface area contributed by atoms with Crippen molar-refractivity contribution in [3.63, 3.8) is 0 Å². The lowest BCUT2D eigenvalue weighted by Gasteiger charge is -2.13. The molecule has 0 bridgehead atoms. The predicted molar refractivity (Wildman–Crippen MR) is 65.6 cm³/mol. The molecule has 16 heavy (non-hydrogen) atoms. The van der Waals surface area contributed by atoms with Crippen molar-refractivity contribution < 1.29 is 9.47 Å². The van der Waals surface area contributed by atoms with Gasteiger partial charge in [-0.2, -0.15) is 0 Å². The van der Waals surface area contributed by atoms with Gasteiger partial charge in [0.1, 0.15) is 5.75 Å². The number of methoxy groups -OCH3 is 1. The van der Waals surface area contributed by atoms with Crippen molar-refractivity contribution in [1.29, 1.82) is 0 Å². The molecule has 1 unspecified atom stereocenters. The summed E-state index contributed by atoms with van der Waals surface area (Å²) in [6, 6.07) is 7.94. The first-order valence-corrected chi connectivity index (χ1v) is 5.72. The summed E-state index contributed by atoms with van der Waals surface area (Å²) in [4.78, 5) is 0. The Hall–Kier alpha value is -1.06. The third-order valence-electron chi connectivity index (χ3n) is 2.41. The van der Waals surface area contributed by atoms with E-state index >= 15 is 0 Å². The van der Waals surface area contributed by atoms with Gasteiger partial charge in [-0.1, -0.05) is 18.2 Å². The monoisotopic (exact) mass is 223 g/mol. The van der Waals surface area contributed by atoms with Crippen molar-refractivity contribution in [2.24, 2.45) is 5.73 Å². The molecule has 90 valence electrons. The van der Waals surface area contributed by atoms with Crippen LogP contribution in [-0.2, 0) is 4.74 Å². The van der Waals surface area contributed by atoms with E-state index < -0.39 is 0 Å². The van der Waals surface area contributed by atoms with E-state index in [9.17, 15) is 0 Å². The van der Waals surface area contributed by atoms with Gasteiger partial charge >= 0.3 is 0 Å². The van der Waals surface area contributed by atoms with Gasteiger partial charge in [-0.25, -0.2) is 0 Å². The fraction of sp³-hybridized carbons (Fsp3) is 0.538. The van der Waals surface area contributed by atoms with Crippen molar-refractivity contribution in [2.75, 3.05) is 20.3 Å². The Morgan fingerprint density at radius 2 is 1.88 bits per heavy atom. The lowest BCUT2D eigenvalue weighted by molar-refractivity contribution is 0.184. The molecule has 0 amide bonds. The molecule has 1 aromatic rings. The number of unbranched alkanes of at least 4 members (excludes halogenated alkanes) is 1. The molecule has 0 aromatic heterocycles. The highest BCUT2D eigenvalue weighted by atomic mass is 16.5. The molecule has 2 N–H and O–H groups in total. The fourth-order valence-electron chi connectivity index (χ4n) is 1.52. The maximum atomic E-state index is 5.87. The molecule has 3 nitrogen and oxygen atoms in total. The van der Waals surface area contributed by atoms with E-state index in [2.05, 4.69) is 0 Å². The van der Waals surface area contributed by atoms with Crippen molar-refractivity contribution in [2.45, 2.75) is 25.8 Å². The van der Waals surface area contributed by atoms with Gasteiger partial charge in [0.05, 0.1) is 6.61 Å². The van der Waals surface area contributed by atoms with Gasteiger partial charge < -0.3 is 15.2 Å². The minimum absolute atomic E-state index is 0.00942. The third kappa shape index (κ3) is 4.21. The zero-order chi connectivity index (χ0) is 11.8. The van der Waals surface area contributed by atoms with Crippen LogP contribution >= 0.6 is 0 Å². The van der Waals surface area contributed by atoms with E-state index in [-0.39, 0.29) is 6.04 Å². The van der Waals surface area contributed by atoms with E-state index in [1.54, 1.807) is 7.11 Å². The molecular weight excluding hydrogens is 202 g/mol. The Balaban J connectivity index is 2.41. The number of para-hydroxylation sites is 1. The molecule has 0 aliphatic carbocycles. The van der Waals surface area contributed by atoms with E-state index in [0.29, 0.717) is 6.61 Å². The van der Waals surface area contributed by atoms with Gasteiger partial charge in [-0.05, 0) is 25.8 Å². The van der Waals surface area contributed by atoms with Crippen LogP contribution in [0.1, 0.15) is 31.4 Å². The number of ether oxygens (including phenoxy) is 2. The first kappa shape index (κ1) is 13.0. The molecule has 0 spiro atoms. The minimum atomic E-state index is 0.00942. The Labute approximate surface area is 97.6 Å². The average molecular weight is 223 g/mol. The zero-order valence-electron chi connectivity index (χ0n) is 10.1. The molecular formula is C13H21NO2. The summed E-state index contributed by atoms with van der Waals surface area (Å²) in [5.41, 5.74) is 6.93. The standard InChI is InChI=1S/C13H21NO2/c1-11(14)12-7-3-4-8-13(12)16-10-6-5-9-15-2/h3-4,7-8,11H,5-6,9-10,14H2,1-2H3. The lowest BCUT2D eigenvalue weighted by Crippen LogP contribution is -2.08. The number of benzene rings is 1. The number of rotatable bonds is 7. The maximum absolute atomic E-state index is 5.87. The second-order valence-electron chi connectivity index (χ2n) is 3.87. The molecule has 0 saturated carbocycles. The smallest absolute Gasteiger partial charge is 0.124 e. The van der Waals surface area contributed by atoms with Crippen LogP contribution in [0.15, 0.2) is 24.3 Å². The molecule has 1 aromatic carbocycles. The zero-order valence-corrected chi connectivity index (χ0v) is 10.1. The van der Waals surface area contributed by atoms with Crippen LogP contribution in [0.4, 0.5) is 0 Å². The summed E-state index contributed by atoms with van der Waals surface area (Å²) >= 11 is 0. The maximum Gasteiger partial charge on any atom is 0.124 e. The second-order valence-corrected chi connectivity index (χ2v) is 3.87. The van der Waals surface area contributed by atoms with Gasteiger partial charge in [0, 0.05) is 25.3 Å². The van der Waals surface area contributed by atoms with E-state index in [0.717, 1.165) is 30.8 Å². The largest absolute Gasteiger partial charge is 0.493 e. The van der Waals surface area contributed by atoms with Gasteiger partial charge in [0.25, 0.3) is 0 Å². The topological polar surface area (TPSA) is 44.5 Å².